The van der Waals surface area contributed by atoms with Crippen molar-refractivity contribution in [3.05, 3.63) is 64.7 Å². The highest BCUT2D eigenvalue weighted by atomic mass is 16.5. The molecule has 0 spiro atoms. The molecule has 1 unspecified atom stereocenters. The van der Waals surface area contributed by atoms with Crippen LogP contribution in [0.25, 0.3) is 0 Å². The second-order valence-corrected chi connectivity index (χ2v) is 7.45. The van der Waals surface area contributed by atoms with Crippen molar-refractivity contribution in [3.63, 3.8) is 0 Å². The molecule has 3 N–H and O–H groups in total. The van der Waals surface area contributed by atoms with Gasteiger partial charge in [0.15, 0.2) is 0 Å². The molecule has 0 radical (unpaired) electrons. The molecule has 3 rings (SSSR count). The van der Waals surface area contributed by atoms with Crippen molar-refractivity contribution in [1.29, 1.82) is 0 Å². The Balaban J connectivity index is 2.00. The predicted octanol–water partition coefficient (Wildman–Crippen LogP) is 2.10. The van der Waals surface area contributed by atoms with Gasteiger partial charge < -0.3 is 20.1 Å². The molecule has 150 valence electrons. The fourth-order valence-corrected chi connectivity index (χ4v) is 3.64. The number of carbonyl (C=O) groups excluding carboxylic acids is 1. The highest BCUT2D eigenvalue weighted by Crippen LogP contribution is 2.46. The van der Waals surface area contributed by atoms with Crippen molar-refractivity contribution in [1.82, 2.24) is 15.5 Å². The first-order valence-electron chi connectivity index (χ1n) is 9.60. The first kappa shape index (κ1) is 20.3. The van der Waals surface area contributed by atoms with Gasteiger partial charge in [0, 0.05) is 35.7 Å². The Hall–Kier alpha value is -2.41. The second kappa shape index (κ2) is 8.73. The highest BCUT2D eigenvalue weighted by Gasteiger charge is 2.36. The van der Waals surface area contributed by atoms with Gasteiger partial charge in [-0.15, -0.1) is 0 Å². The molecule has 1 aliphatic rings. The van der Waals surface area contributed by atoms with Crippen molar-refractivity contribution in [2.45, 2.75) is 25.2 Å². The summed E-state index contributed by atoms with van der Waals surface area (Å²) in [4.78, 5) is 14.8. The molecule has 6 heteroatoms. The van der Waals surface area contributed by atoms with Crippen LogP contribution in [0.2, 0.25) is 0 Å². The summed E-state index contributed by atoms with van der Waals surface area (Å²) in [7, 11) is 5.60. The van der Waals surface area contributed by atoms with E-state index in [2.05, 4.69) is 22.8 Å². The van der Waals surface area contributed by atoms with Crippen LogP contribution in [0.1, 0.15) is 46.1 Å². The zero-order chi connectivity index (χ0) is 20.3. The van der Waals surface area contributed by atoms with Crippen LogP contribution < -0.4 is 15.4 Å². The summed E-state index contributed by atoms with van der Waals surface area (Å²) in [6.07, 6.45) is -1.00. The standard InChI is InChI=1S/C22H29N3O3/c1-14-19(15-8-6-5-7-9-15)17-12-16(21(26)24-10-11-25(3)4)13-18(20(17)28-14)22(27)23-2/h5-9,12-14,19,22-23,27H,10-11H2,1-4H3,(H,24,26)/t14-,19+,22?/m1/s1. The van der Waals surface area contributed by atoms with Crippen LogP contribution in [0.3, 0.4) is 0 Å². The maximum atomic E-state index is 12.7. The molecule has 0 aliphatic carbocycles. The van der Waals surface area contributed by atoms with Crippen LogP contribution in [-0.2, 0) is 0 Å². The highest BCUT2D eigenvalue weighted by molar-refractivity contribution is 5.95. The Morgan fingerprint density at radius 1 is 1.25 bits per heavy atom. The van der Waals surface area contributed by atoms with Gasteiger partial charge in [-0.2, -0.15) is 0 Å². The molecule has 0 saturated heterocycles. The number of rotatable bonds is 7. The SMILES string of the molecule is CNC(O)c1cc(C(=O)NCCN(C)C)cc2c1O[C@H](C)[C@H]2c1ccccc1. The van der Waals surface area contributed by atoms with Crippen molar-refractivity contribution in [3.8, 4) is 5.75 Å². The monoisotopic (exact) mass is 383 g/mol. The molecule has 1 amide bonds. The third-order valence-electron chi connectivity index (χ3n) is 5.09. The fraction of sp³-hybridized carbons (Fsp3) is 0.409. The number of nitrogens with zero attached hydrogens (tertiary/aromatic N) is 1. The number of aliphatic hydroxyl groups excluding tert-OH is 1. The number of fused-ring (bicyclic) bond motifs is 1. The number of amides is 1. The minimum atomic E-state index is -0.912. The molecule has 0 fully saturated rings. The van der Waals surface area contributed by atoms with Crippen molar-refractivity contribution < 1.29 is 14.6 Å². The lowest BCUT2D eigenvalue weighted by Crippen LogP contribution is -2.31. The quantitative estimate of drug-likeness (QED) is 0.639. The zero-order valence-corrected chi connectivity index (χ0v) is 16.9. The van der Waals surface area contributed by atoms with Gasteiger partial charge in [-0.05, 0) is 45.8 Å². The number of ether oxygens (including phenoxy) is 1. The smallest absolute Gasteiger partial charge is 0.251 e. The average molecular weight is 383 g/mol. The second-order valence-electron chi connectivity index (χ2n) is 7.45. The number of aliphatic hydroxyl groups is 1. The van der Waals surface area contributed by atoms with Gasteiger partial charge in [0.1, 0.15) is 18.1 Å². The van der Waals surface area contributed by atoms with E-state index in [1.807, 2.05) is 50.2 Å². The van der Waals surface area contributed by atoms with Gasteiger partial charge in [0.25, 0.3) is 5.91 Å². The minimum absolute atomic E-state index is 0.00790. The zero-order valence-electron chi connectivity index (χ0n) is 16.9. The lowest BCUT2D eigenvalue weighted by molar-refractivity contribution is 0.0950. The summed E-state index contributed by atoms with van der Waals surface area (Å²) < 4.78 is 6.14. The lowest BCUT2D eigenvalue weighted by atomic mass is 9.87. The summed E-state index contributed by atoms with van der Waals surface area (Å²) in [5.41, 5.74) is 3.18. The van der Waals surface area contributed by atoms with Crippen LogP contribution in [0.15, 0.2) is 42.5 Å². The van der Waals surface area contributed by atoms with Crippen LogP contribution in [-0.4, -0.2) is 56.3 Å². The molecule has 2 aromatic rings. The Bertz CT molecular complexity index is 823. The molecule has 0 aromatic heterocycles. The molecular formula is C22H29N3O3. The third-order valence-corrected chi connectivity index (χ3v) is 5.09. The van der Waals surface area contributed by atoms with Gasteiger partial charge in [-0.1, -0.05) is 30.3 Å². The van der Waals surface area contributed by atoms with Gasteiger partial charge in [-0.25, -0.2) is 0 Å². The number of hydrogen-bond acceptors (Lipinski definition) is 5. The Kier molecular flexibility index (Phi) is 6.34. The van der Waals surface area contributed by atoms with E-state index in [1.54, 1.807) is 13.1 Å². The number of benzene rings is 2. The van der Waals surface area contributed by atoms with Crippen LogP contribution in [0.4, 0.5) is 0 Å². The van der Waals surface area contributed by atoms with Crippen molar-refractivity contribution >= 4 is 5.91 Å². The molecule has 1 aliphatic heterocycles. The first-order chi connectivity index (χ1) is 13.4. The fourth-order valence-electron chi connectivity index (χ4n) is 3.64. The Morgan fingerprint density at radius 2 is 1.96 bits per heavy atom. The molecule has 1 heterocycles. The summed E-state index contributed by atoms with van der Waals surface area (Å²) >= 11 is 0. The van der Waals surface area contributed by atoms with E-state index in [9.17, 15) is 9.90 Å². The maximum absolute atomic E-state index is 12.7. The van der Waals surface area contributed by atoms with E-state index in [0.29, 0.717) is 23.4 Å². The van der Waals surface area contributed by atoms with E-state index in [4.69, 9.17) is 4.74 Å². The largest absolute Gasteiger partial charge is 0.489 e. The molecule has 3 atom stereocenters. The minimum Gasteiger partial charge on any atom is -0.489 e. The van der Waals surface area contributed by atoms with Crippen LogP contribution >= 0.6 is 0 Å². The number of nitrogens with one attached hydrogen (secondary N) is 2. The maximum Gasteiger partial charge on any atom is 0.251 e. The van der Waals surface area contributed by atoms with Gasteiger partial charge in [0.05, 0.1) is 0 Å². The van der Waals surface area contributed by atoms with E-state index in [-0.39, 0.29) is 17.9 Å². The topological polar surface area (TPSA) is 73.8 Å². The third kappa shape index (κ3) is 4.19. The average Bonchev–Trinajstić information content (AvgIpc) is 3.02. The molecule has 0 saturated carbocycles. The van der Waals surface area contributed by atoms with Gasteiger partial charge in [-0.3, -0.25) is 10.1 Å². The number of carbonyl (C=O) groups is 1. The normalized spacial score (nSPS) is 19.2. The van der Waals surface area contributed by atoms with E-state index in [1.165, 1.54) is 0 Å². The molecule has 0 bridgehead atoms. The van der Waals surface area contributed by atoms with Crippen molar-refractivity contribution in [2.75, 3.05) is 34.2 Å². The summed E-state index contributed by atoms with van der Waals surface area (Å²) in [5, 5.41) is 16.3. The van der Waals surface area contributed by atoms with Crippen LogP contribution in [0, 0.1) is 0 Å². The Labute approximate surface area is 166 Å². The number of likely N-dealkylation sites (N-methyl/N-ethyl adjacent to an activating group) is 1. The van der Waals surface area contributed by atoms with E-state index in [0.717, 1.165) is 17.7 Å². The summed E-state index contributed by atoms with van der Waals surface area (Å²) in [6, 6.07) is 13.7. The molecule has 6 nitrogen and oxygen atoms in total. The van der Waals surface area contributed by atoms with Crippen molar-refractivity contribution in [2.24, 2.45) is 0 Å². The summed E-state index contributed by atoms with van der Waals surface area (Å²) in [6.45, 7) is 3.33. The van der Waals surface area contributed by atoms with E-state index >= 15 is 0 Å². The van der Waals surface area contributed by atoms with Gasteiger partial charge in [0.2, 0.25) is 0 Å². The Morgan fingerprint density at radius 3 is 2.61 bits per heavy atom. The van der Waals surface area contributed by atoms with Gasteiger partial charge >= 0.3 is 0 Å². The molecule has 2 aromatic carbocycles. The number of hydrogen-bond donors (Lipinski definition) is 3. The molecule has 28 heavy (non-hydrogen) atoms. The first-order valence-corrected chi connectivity index (χ1v) is 9.60. The predicted molar refractivity (Wildman–Crippen MR) is 110 cm³/mol. The van der Waals surface area contributed by atoms with E-state index < -0.39 is 6.23 Å². The lowest BCUT2D eigenvalue weighted by Gasteiger charge is -2.17. The molecular weight excluding hydrogens is 354 g/mol. The summed E-state index contributed by atoms with van der Waals surface area (Å²) in [5.74, 6) is 0.516. The van der Waals surface area contributed by atoms with Crippen LogP contribution in [0.5, 0.6) is 5.75 Å².